The topological polar surface area (TPSA) is 90.6 Å². The van der Waals surface area contributed by atoms with Crippen LogP contribution in [0.3, 0.4) is 0 Å². The summed E-state index contributed by atoms with van der Waals surface area (Å²) in [6.45, 7) is 4.31. The molecule has 3 aromatic heterocycles. The van der Waals surface area contributed by atoms with Gasteiger partial charge in [-0.3, -0.25) is 9.88 Å². The third-order valence-electron chi connectivity index (χ3n) is 6.25. The van der Waals surface area contributed by atoms with Crippen molar-refractivity contribution >= 4 is 11.3 Å². The first kappa shape index (κ1) is 25.7. The molecule has 1 aliphatic heterocycles. The van der Waals surface area contributed by atoms with Crippen LogP contribution in [0.5, 0.6) is 0 Å². The fraction of sp³-hybridized carbons (Fsp3) is 0.296. The van der Waals surface area contributed by atoms with Crippen LogP contribution in [0.15, 0.2) is 61.2 Å². The van der Waals surface area contributed by atoms with Crippen LogP contribution >= 0.6 is 0 Å². The molecule has 38 heavy (non-hydrogen) atoms. The first-order chi connectivity index (χ1) is 18.3. The van der Waals surface area contributed by atoms with E-state index in [4.69, 9.17) is 0 Å². The number of imidazole rings is 1. The molecule has 0 amide bonds. The van der Waals surface area contributed by atoms with Gasteiger partial charge in [0.15, 0.2) is 11.9 Å². The number of benzene rings is 1. The zero-order chi connectivity index (χ0) is 26.7. The van der Waals surface area contributed by atoms with Crippen molar-refractivity contribution < 1.29 is 18.3 Å². The van der Waals surface area contributed by atoms with Gasteiger partial charge in [-0.2, -0.15) is 18.3 Å². The highest BCUT2D eigenvalue weighted by molar-refractivity contribution is 5.51. The maximum absolute atomic E-state index is 13.9. The molecule has 1 unspecified atom stereocenters. The second-order valence-corrected chi connectivity index (χ2v) is 9.20. The number of alkyl halides is 3. The van der Waals surface area contributed by atoms with E-state index in [1.54, 1.807) is 35.1 Å². The Bertz CT molecular complexity index is 1490. The Morgan fingerprint density at radius 2 is 2.05 bits per heavy atom. The number of aliphatic hydroxyl groups is 1. The van der Waals surface area contributed by atoms with E-state index < -0.39 is 18.0 Å². The molecule has 8 nitrogen and oxygen atoms in total. The number of aromatic nitrogens is 4. The molecule has 1 saturated heterocycles. The minimum Gasteiger partial charge on any atom is -0.369 e. The van der Waals surface area contributed by atoms with Gasteiger partial charge in [0.25, 0.3) is 0 Å². The van der Waals surface area contributed by atoms with Crippen molar-refractivity contribution in [2.75, 3.05) is 25.0 Å². The van der Waals surface area contributed by atoms with E-state index in [9.17, 15) is 18.3 Å². The monoisotopic (exact) mass is 521 g/mol. The van der Waals surface area contributed by atoms with Crippen LogP contribution in [0.2, 0.25) is 0 Å². The van der Waals surface area contributed by atoms with Crippen LogP contribution in [0.1, 0.15) is 41.1 Å². The number of aliphatic hydroxyl groups excluding tert-OH is 1. The van der Waals surface area contributed by atoms with Gasteiger partial charge in [-0.05, 0) is 48.7 Å². The average molecular weight is 522 g/mol. The summed E-state index contributed by atoms with van der Waals surface area (Å²) in [5.41, 5.74) is 1.75. The van der Waals surface area contributed by atoms with Gasteiger partial charge in [-0.15, -0.1) is 0 Å². The number of halogens is 3. The second kappa shape index (κ2) is 10.8. The maximum atomic E-state index is 13.9. The Kier molecular flexibility index (Phi) is 7.28. The molecule has 5 rings (SSSR count). The Labute approximate surface area is 217 Å². The van der Waals surface area contributed by atoms with E-state index in [0.717, 1.165) is 12.6 Å². The van der Waals surface area contributed by atoms with E-state index in [1.165, 1.54) is 18.5 Å². The van der Waals surface area contributed by atoms with Gasteiger partial charge in [0.2, 0.25) is 0 Å². The number of pyridine rings is 1. The summed E-state index contributed by atoms with van der Waals surface area (Å²) < 4.78 is 43.3. The van der Waals surface area contributed by atoms with E-state index in [1.807, 2.05) is 17.9 Å². The number of piperazine rings is 1. The Balaban J connectivity index is 1.32. The molecule has 0 spiro atoms. The first-order valence-corrected chi connectivity index (χ1v) is 12.1. The van der Waals surface area contributed by atoms with Crippen molar-refractivity contribution in [2.24, 2.45) is 0 Å². The van der Waals surface area contributed by atoms with Crippen LogP contribution in [-0.4, -0.2) is 55.3 Å². The van der Waals surface area contributed by atoms with Crippen LogP contribution in [0, 0.1) is 11.8 Å². The number of nitrogens with one attached hydrogen (secondary N) is 2. The minimum absolute atomic E-state index is 0.149. The van der Waals surface area contributed by atoms with Crippen LogP contribution in [0.25, 0.3) is 5.65 Å². The van der Waals surface area contributed by atoms with Crippen molar-refractivity contribution in [3.8, 4) is 11.8 Å². The summed E-state index contributed by atoms with van der Waals surface area (Å²) in [4.78, 5) is 10.4. The molecular weight excluding hydrogens is 495 g/mol. The first-order valence-electron chi connectivity index (χ1n) is 12.1. The molecule has 196 valence electrons. The maximum Gasteiger partial charge on any atom is 0.416 e. The summed E-state index contributed by atoms with van der Waals surface area (Å²) in [7, 11) is 0. The van der Waals surface area contributed by atoms with Gasteiger partial charge < -0.3 is 15.7 Å². The zero-order valence-electron chi connectivity index (χ0n) is 20.6. The zero-order valence-corrected chi connectivity index (χ0v) is 20.6. The minimum atomic E-state index is -4.53. The molecule has 4 heterocycles. The summed E-state index contributed by atoms with van der Waals surface area (Å²) in [5, 5.41) is 21.0. The summed E-state index contributed by atoms with van der Waals surface area (Å²) >= 11 is 0. The molecule has 0 bridgehead atoms. The lowest BCUT2D eigenvalue weighted by Crippen LogP contribution is -2.48. The largest absolute Gasteiger partial charge is 0.416 e. The number of rotatable bonds is 5. The van der Waals surface area contributed by atoms with Crippen molar-refractivity contribution in [3.63, 3.8) is 0 Å². The summed E-state index contributed by atoms with van der Waals surface area (Å²) in [6, 6.07) is 9.49. The van der Waals surface area contributed by atoms with Crippen LogP contribution < -0.4 is 10.6 Å². The smallest absolute Gasteiger partial charge is 0.369 e. The fourth-order valence-corrected chi connectivity index (χ4v) is 4.43. The average Bonchev–Trinajstić information content (AvgIpc) is 3.31. The highest BCUT2D eigenvalue weighted by atomic mass is 19.4. The van der Waals surface area contributed by atoms with E-state index in [0.29, 0.717) is 35.6 Å². The van der Waals surface area contributed by atoms with E-state index in [-0.39, 0.29) is 23.8 Å². The molecule has 1 fully saturated rings. The second-order valence-electron chi connectivity index (χ2n) is 9.20. The lowest BCUT2D eigenvalue weighted by molar-refractivity contribution is -0.138. The van der Waals surface area contributed by atoms with Crippen molar-refractivity contribution in [1.82, 2.24) is 29.8 Å². The van der Waals surface area contributed by atoms with E-state index in [2.05, 4.69) is 37.5 Å². The van der Waals surface area contributed by atoms with Crippen LogP contribution in [-0.2, 0) is 12.7 Å². The van der Waals surface area contributed by atoms with Gasteiger partial charge >= 0.3 is 6.18 Å². The molecule has 0 radical (unpaired) electrons. The van der Waals surface area contributed by atoms with E-state index >= 15 is 0 Å². The highest BCUT2D eigenvalue weighted by Crippen LogP contribution is 2.35. The predicted molar refractivity (Wildman–Crippen MR) is 136 cm³/mol. The lowest BCUT2D eigenvalue weighted by atomic mass is 10.0. The highest BCUT2D eigenvalue weighted by Gasteiger charge is 2.34. The quantitative estimate of drug-likeness (QED) is 0.274. The standard InChI is InChI=1S/C27H26F3N7O/c1-18-16-36(10-9-32-18)17-20-5-6-22(12-24(20)27(28,29)30)35-26(38)21-11-19(13-31-14-21)4-7-23-15-33-25-3-2-8-34-37(23)25/h2-3,5-6,8,11-15,18,26,32,35,38H,9-10,16-17H2,1H3/t18-,26?/m0/s1. The predicted octanol–water partition coefficient (Wildman–Crippen LogP) is 3.44. The molecule has 1 aromatic carbocycles. The van der Waals surface area contributed by atoms with Crippen LogP contribution in [0.4, 0.5) is 18.9 Å². The lowest BCUT2D eigenvalue weighted by Gasteiger charge is -2.32. The number of hydrogen-bond acceptors (Lipinski definition) is 7. The third kappa shape index (κ3) is 5.94. The summed E-state index contributed by atoms with van der Waals surface area (Å²) in [5.74, 6) is 5.95. The SMILES string of the molecule is C[C@H]1CN(Cc2ccc(NC(O)c3cncc(C#Cc4cnc5cccnn45)c3)cc2C(F)(F)F)CCN1. The third-order valence-corrected chi connectivity index (χ3v) is 6.25. The van der Waals surface area contributed by atoms with Gasteiger partial charge in [0, 0.05) is 67.6 Å². The molecule has 11 heteroatoms. The molecular formula is C27H26F3N7O. The molecule has 4 aromatic rings. The normalized spacial score (nSPS) is 17.1. The number of hydrogen-bond donors (Lipinski definition) is 3. The van der Waals surface area contributed by atoms with Crippen molar-refractivity contribution in [1.29, 1.82) is 0 Å². The molecule has 0 saturated carbocycles. The van der Waals surface area contributed by atoms with Gasteiger partial charge in [-0.25, -0.2) is 9.50 Å². The number of nitrogens with zero attached hydrogens (tertiary/aromatic N) is 5. The molecule has 2 atom stereocenters. The molecule has 0 aliphatic carbocycles. The van der Waals surface area contributed by atoms with Gasteiger partial charge in [0.05, 0.1) is 11.8 Å². The fourth-order valence-electron chi connectivity index (χ4n) is 4.43. The molecule has 3 N–H and O–H groups in total. The Morgan fingerprint density at radius 1 is 1.18 bits per heavy atom. The Morgan fingerprint density at radius 3 is 2.87 bits per heavy atom. The van der Waals surface area contributed by atoms with Crippen molar-refractivity contribution in [2.45, 2.75) is 31.9 Å². The molecule has 1 aliphatic rings. The van der Waals surface area contributed by atoms with Crippen molar-refractivity contribution in [3.05, 3.63) is 89.1 Å². The summed E-state index contributed by atoms with van der Waals surface area (Å²) in [6.07, 6.45) is 0.389. The number of fused-ring (bicyclic) bond motifs is 1. The number of anilines is 1. The van der Waals surface area contributed by atoms with Gasteiger partial charge in [-0.1, -0.05) is 12.0 Å². The van der Waals surface area contributed by atoms with Gasteiger partial charge in [0.1, 0.15) is 5.69 Å². The Hall–Kier alpha value is -3.98.